The van der Waals surface area contributed by atoms with Crippen LogP contribution in [0.15, 0.2) is 0 Å². The summed E-state index contributed by atoms with van der Waals surface area (Å²) in [5.74, 6) is -0.167. The summed E-state index contributed by atoms with van der Waals surface area (Å²) in [5.41, 5.74) is -0.336. The first-order valence-corrected chi connectivity index (χ1v) is 3.06. The number of carbonyl (C=O) groups is 1. The van der Waals surface area contributed by atoms with Gasteiger partial charge in [-0.15, -0.1) is 0 Å². The molecule has 0 radical (unpaired) electrons. The minimum absolute atomic E-state index is 0.167. The molecule has 1 saturated heterocycles. The van der Waals surface area contributed by atoms with Crippen LogP contribution >= 0.6 is 0 Å². The molecule has 1 rings (SSSR count). The van der Waals surface area contributed by atoms with Gasteiger partial charge in [0, 0.05) is 6.42 Å². The summed E-state index contributed by atoms with van der Waals surface area (Å²) in [6.45, 7) is 3.69. The molecule has 1 aliphatic heterocycles. The van der Waals surface area contributed by atoms with Gasteiger partial charge in [-0.2, -0.15) is 0 Å². The maximum atomic E-state index is 10.7. The molecule has 1 N–H and O–H groups in total. The largest absolute Gasteiger partial charge is 0.285 e. The van der Waals surface area contributed by atoms with Gasteiger partial charge in [-0.05, 0) is 20.3 Å². The molecular formula is C6H11NO2. The molecule has 0 aromatic heterocycles. The van der Waals surface area contributed by atoms with Crippen LogP contribution in [0, 0.1) is 0 Å². The Kier molecular flexibility index (Phi) is 1.24. The molecular weight excluding hydrogens is 118 g/mol. The Morgan fingerprint density at radius 2 is 2.22 bits per heavy atom. The molecule has 1 aliphatic rings. The molecule has 0 atom stereocenters. The van der Waals surface area contributed by atoms with Crippen molar-refractivity contribution in [1.29, 1.82) is 0 Å². The van der Waals surface area contributed by atoms with Gasteiger partial charge < -0.3 is 0 Å². The fourth-order valence-electron chi connectivity index (χ4n) is 0.962. The summed E-state index contributed by atoms with van der Waals surface area (Å²) < 4.78 is 0. The number of hydrogen-bond acceptors (Lipinski definition) is 2. The quantitative estimate of drug-likeness (QED) is 0.491. The Morgan fingerprint density at radius 1 is 1.67 bits per heavy atom. The third kappa shape index (κ3) is 0.920. The van der Waals surface area contributed by atoms with E-state index in [1.54, 1.807) is 0 Å². The van der Waals surface area contributed by atoms with Gasteiger partial charge in [-0.1, -0.05) is 0 Å². The zero-order valence-corrected chi connectivity index (χ0v) is 5.72. The second-order valence-electron chi connectivity index (χ2n) is 3.02. The second-order valence-corrected chi connectivity index (χ2v) is 3.02. The maximum Gasteiger partial charge on any atom is 0.246 e. The Balaban J connectivity index is 2.73. The highest BCUT2D eigenvalue weighted by Gasteiger charge is 2.36. The molecule has 0 aromatic carbocycles. The summed E-state index contributed by atoms with van der Waals surface area (Å²) in [4.78, 5) is 10.7. The van der Waals surface area contributed by atoms with Crippen LogP contribution in [0.3, 0.4) is 0 Å². The van der Waals surface area contributed by atoms with Crippen LogP contribution in [-0.2, 0) is 4.79 Å². The monoisotopic (exact) mass is 129 g/mol. The van der Waals surface area contributed by atoms with Crippen molar-refractivity contribution in [3.8, 4) is 0 Å². The number of nitrogens with zero attached hydrogens (tertiary/aromatic N) is 1. The van der Waals surface area contributed by atoms with Crippen LogP contribution in [-0.4, -0.2) is 21.7 Å². The molecule has 52 valence electrons. The lowest BCUT2D eigenvalue weighted by Gasteiger charge is -2.24. The van der Waals surface area contributed by atoms with Crippen molar-refractivity contribution in [2.75, 3.05) is 0 Å². The second kappa shape index (κ2) is 1.70. The lowest BCUT2D eigenvalue weighted by atomic mass is 10.0. The molecule has 0 saturated carbocycles. The number of carbonyl (C=O) groups excluding carboxylic acids is 1. The van der Waals surface area contributed by atoms with E-state index >= 15 is 0 Å². The summed E-state index contributed by atoms with van der Waals surface area (Å²) in [5, 5.41) is 9.84. The van der Waals surface area contributed by atoms with Gasteiger partial charge in [-0.3, -0.25) is 10.0 Å². The fourth-order valence-corrected chi connectivity index (χ4v) is 0.962. The zero-order valence-electron chi connectivity index (χ0n) is 5.72. The van der Waals surface area contributed by atoms with Gasteiger partial charge in [0.15, 0.2) is 0 Å². The minimum atomic E-state index is -0.336. The molecule has 3 nitrogen and oxygen atoms in total. The Morgan fingerprint density at radius 3 is 2.33 bits per heavy atom. The topological polar surface area (TPSA) is 40.5 Å². The van der Waals surface area contributed by atoms with Crippen LogP contribution < -0.4 is 0 Å². The predicted octanol–water partition coefficient (Wildman–Crippen LogP) is 0.777. The van der Waals surface area contributed by atoms with E-state index in [0.717, 1.165) is 11.5 Å². The normalized spacial score (nSPS) is 25.2. The van der Waals surface area contributed by atoms with Gasteiger partial charge in [0.1, 0.15) is 0 Å². The van der Waals surface area contributed by atoms with E-state index in [1.807, 2.05) is 13.8 Å². The van der Waals surface area contributed by atoms with E-state index < -0.39 is 0 Å². The van der Waals surface area contributed by atoms with Crippen molar-refractivity contribution in [3.63, 3.8) is 0 Å². The van der Waals surface area contributed by atoms with Crippen LogP contribution in [0.25, 0.3) is 0 Å². The van der Waals surface area contributed by atoms with E-state index in [4.69, 9.17) is 5.21 Å². The first-order valence-electron chi connectivity index (χ1n) is 3.06. The average Bonchev–Trinajstić information content (AvgIpc) is 1.97. The van der Waals surface area contributed by atoms with Gasteiger partial charge in [0.2, 0.25) is 5.91 Å². The van der Waals surface area contributed by atoms with Crippen molar-refractivity contribution in [2.24, 2.45) is 0 Å². The number of amides is 1. The molecule has 1 amide bonds. The molecule has 3 heteroatoms. The molecule has 0 unspecified atom stereocenters. The van der Waals surface area contributed by atoms with Crippen molar-refractivity contribution in [2.45, 2.75) is 32.2 Å². The van der Waals surface area contributed by atoms with E-state index in [-0.39, 0.29) is 11.4 Å². The highest BCUT2D eigenvalue weighted by molar-refractivity contribution is 5.78. The van der Waals surface area contributed by atoms with E-state index in [0.29, 0.717) is 6.42 Å². The van der Waals surface area contributed by atoms with E-state index in [9.17, 15) is 4.79 Å². The molecule has 0 spiro atoms. The van der Waals surface area contributed by atoms with Crippen LogP contribution in [0.4, 0.5) is 0 Å². The summed E-state index contributed by atoms with van der Waals surface area (Å²) in [7, 11) is 0. The third-order valence-electron chi connectivity index (χ3n) is 1.76. The van der Waals surface area contributed by atoms with Crippen molar-refractivity contribution in [3.05, 3.63) is 0 Å². The fraction of sp³-hybridized carbons (Fsp3) is 0.833. The molecule has 0 aliphatic carbocycles. The zero-order chi connectivity index (χ0) is 7.07. The Labute approximate surface area is 54.2 Å². The number of hydrogen-bond donors (Lipinski definition) is 1. The average molecular weight is 129 g/mol. The van der Waals surface area contributed by atoms with Crippen LogP contribution in [0.2, 0.25) is 0 Å². The number of hydroxylamine groups is 2. The van der Waals surface area contributed by atoms with E-state index in [1.165, 1.54) is 0 Å². The SMILES string of the molecule is CC1(C)CCC(=O)N1O. The van der Waals surface area contributed by atoms with E-state index in [2.05, 4.69) is 0 Å². The van der Waals surface area contributed by atoms with Gasteiger partial charge >= 0.3 is 0 Å². The minimum Gasteiger partial charge on any atom is -0.285 e. The van der Waals surface area contributed by atoms with Crippen molar-refractivity contribution in [1.82, 2.24) is 5.06 Å². The Hall–Kier alpha value is -0.570. The smallest absolute Gasteiger partial charge is 0.246 e. The molecule has 0 aromatic rings. The maximum absolute atomic E-state index is 10.7. The number of rotatable bonds is 0. The highest BCUT2D eigenvalue weighted by Crippen LogP contribution is 2.26. The lowest BCUT2D eigenvalue weighted by Crippen LogP contribution is -2.37. The Bertz CT molecular complexity index is 142. The van der Waals surface area contributed by atoms with Gasteiger partial charge in [0.25, 0.3) is 0 Å². The first kappa shape index (κ1) is 6.55. The predicted molar refractivity (Wildman–Crippen MR) is 31.9 cm³/mol. The summed E-state index contributed by atoms with van der Waals surface area (Å²) >= 11 is 0. The van der Waals surface area contributed by atoms with Crippen LogP contribution in [0.5, 0.6) is 0 Å². The van der Waals surface area contributed by atoms with Crippen molar-refractivity contribution < 1.29 is 10.0 Å². The van der Waals surface area contributed by atoms with Crippen molar-refractivity contribution >= 4 is 5.91 Å². The van der Waals surface area contributed by atoms with Gasteiger partial charge in [-0.25, -0.2) is 5.06 Å². The summed E-state index contributed by atoms with van der Waals surface area (Å²) in [6, 6.07) is 0. The molecule has 1 fully saturated rings. The first-order chi connectivity index (χ1) is 4.04. The molecule has 1 heterocycles. The van der Waals surface area contributed by atoms with Crippen LogP contribution in [0.1, 0.15) is 26.7 Å². The third-order valence-corrected chi connectivity index (χ3v) is 1.76. The molecule has 9 heavy (non-hydrogen) atoms. The standard InChI is InChI=1S/C6H11NO2/c1-6(2)4-3-5(8)7(6)9/h9H,3-4H2,1-2H3. The van der Waals surface area contributed by atoms with Gasteiger partial charge in [0.05, 0.1) is 5.54 Å². The lowest BCUT2D eigenvalue weighted by molar-refractivity contribution is -0.175. The highest BCUT2D eigenvalue weighted by atomic mass is 16.5. The molecule has 0 bridgehead atoms. The summed E-state index contributed by atoms with van der Waals surface area (Å²) in [6.07, 6.45) is 1.23.